The van der Waals surface area contributed by atoms with E-state index < -0.39 is 10.1 Å². The molecule has 0 aliphatic carbocycles. The van der Waals surface area contributed by atoms with Gasteiger partial charge in [0, 0.05) is 37.6 Å². The van der Waals surface area contributed by atoms with Crippen LogP contribution in [-0.2, 0) is 17.2 Å². The summed E-state index contributed by atoms with van der Waals surface area (Å²) in [5.74, 6) is -0.144. The minimum absolute atomic E-state index is 0.0289. The molecular formula is C33H38N2O5S. The van der Waals surface area contributed by atoms with Crippen molar-refractivity contribution in [2.75, 3.05) is 13.1 Å². The maximum Gasteiger partial charge on any atom is 0.257 e. The number of aromatic hydroxyl groups is 1. The Labute approximate surface area is 243 Å². The number of hydrogen-bond acceptors (Lipinski definition) is 5. The number of rotatable bonds is 7. The van der Waals surface area contributed by atoms with Crippen molar-refractivity contribution in [3.05, 3.63) is 124 Å². The molecule has 0 radical (unpaired) electrons. The third kappa shape index (κ3) is 7.80. The van der Waals surface area contributed by atoms with Gasteiger partial charge in [0.1, 0.15) is 22.9 Å². The summed E-state index contributed by atoms with van der Waals surface area (Å²) in [6.45, 7) is 11.1. The second-order valence-corrected chi connectivity index (χ2v) is 11.4. The molecule has 216 valence electrons. The molecule has 1 amide bonds. The van der Waals surface area contributed by atoms with Crippen LogP contribution in [0.25, 0.3) is 0 Å². The van der Waals surface area contributed by atoms with Gasteiger partial charge in [0.05, 0.1) is 10.5 Å². The molecule has 0 aliphatic rings. The molecule has 41 heavy (non-hydrogen) atoms. The number of pyridine rings is 1. The van der Waals surface area contributed by atoms with Gasteiger partial charge in [0.15, 0.2) is 11.9 Å². The van der Waals surface area contributed by atoms with Gasteiger partial charge in [0.2, 0.25) is 0 Å². The van der Waals surface area contributed by atoms with Gasteiger partial charge in [-0.1, -0.05) is 54.1 Å². The van der Waals surface area contributed by atoms with E-state index in [2.05, 4.69) is 42.8 Å². The summed E-state index contributed by atoms with van der Waals surface area (Å²) < 4.78 is 33.3. The molecule has 1 aromatic heterocycles. The zero-order chi connectivity index (χ0) is 30.3. The zero-order valence-electron chi connectivity index (χ0n) is 24.5. The maximum absolute atomic E-state index is 12.7. The number of aryl methyl sites for hydroxylation is 4. The minimum Gasteiger partial charge on any atom is -0.744 e. The van der Waals surface area contributed by atoms with E-state index in [1.165, 1.54) is 23.3 Å². The van der Waals surface area contributed by atoms with Crippen molar-refractivity contribution in [1.29, 1.82) is 0 Å². The molecule has 0 aliphatic heterocycles. The van der Waals surface area contributed by atoms with Crippen LogP contribution >= 0.6 is 0 Å². The molecule has 1 atom stereocenters. The van der Waals surface area contributed by atoms with Crippen LogP contribution < -0.4 is 4.57 Å². The zero-order valence-corrected chi connectivity index (χ0v) is 25.3. The summed E-state index contributed by atoms with van der Waals surface area (Å²) in [6, 6.07) is 23.8. The number of hydrogen-bond donors (Lipinski definition) is 1. The Balaban J connectivity index is 0.000000352. The van der Waals surface area contributed by atoms with Crippen molar-refractivity contribution < 1.29 is 27.4 Å². The lowest BCUT2D eigenvalue weighted by Gasteiger charge is -2.23. The quantitative estimate of drug-likeness (QED) is 0.235. The van der Waals surface area contributed by atoms with Crippen LogP contribution in [0.5, 0.6) is 5.75 Å². The van der Waals surface area contributed by atoms with Gasteiger partial charge in [0.25, 0.3) is 5.91 Å². The molecule has 8 heteroatoms. The first-order chi connectivity index (χ1) is 19.4. The van der Waals surface area contributed by atoms with Crippen molar-refractivity contribution >= 4 is 16.0 Å². The first kappa shape index (κ1) is 31.5. The third-order valence-corrected chi connectivity index (χ3v) is 8.00. The van der Waals surface area contributed by atoms with Crippen molar-refractivity contribution in [2.24, 2.45) is 7.05 Å². The predicted molar refractivity (Wildman–Crippen MR) is 159 cm³/mol. The number of amides is 1. The van der Waals surface area contributed by atoms with Crippen molar-refractivity contribution in [3.63, 3.8) is 0 Å². The van der Waals surface area contributed by atoms with Crippen LogP contribution in [-0.4, -0.2) is 42.0 Å². The number of carbonyl (C=O) groups excluding carboxylic acids is 1. The van der Waals surface area contributed by atoms with E-state index in [1.54, 1.807) is 29.2 Å². The molecule has 0 saturated heterocycles. The highest BCUT2D eigenvalue weighted by atomic mass is 32.2. The summed E-state index contributed by atoms with van der Waals surface area (Å²) in [4.78, 5) is 14.3. The molecule has 0 bridgehead atoms. The highest BCUT2D eigenvalue weighted by Crippen LogP contribution is 2.36. The van der Waals surface area contributed by atoms with Crippen LogP contribution in [0.4, 0.5) is 0 Å². The monoisotopic (exact) mass is 574 g/mol. The molecule has 4 rings (SSSR count). The molecule has 0 spiro atoms. The van der Waals surface area contributed by atoms with E-state index in [4.69, 9.17) is 0 Å². The van der Waals surface area contributed by atoms with Gasteiger partial charge in [-0.05, 0) is 68.7 Å². The molecular weight excluding hydrogens is 536 g/mol. The molecule has 0 saturated carbocycles. The molecule has 1 unspecified atom stereocenters. The van der Waals surface area contributed by atoms with E-state index in [0.717, 1.165) is 22.4 Å². The predicted octanol–water partition coefficient (Wildman–Crippen LogP) is 5.39. The normalized spacial score (nSPS) is 11.8. The molecule has 4 aromatic rings. The van der Waals surface area contributed by atoms with Crippen LogP contribution in [0, 0.1) is 20.8 Å². The number of phenolic OH excluding ortho intramolecular Hbond substituents is 1. The maximum atomic E-state index is 12.7. The fraction of sp³-hybridized carbons (Fsp3) is 0.273. The van der Waals surface area contributed by atoms with Gasteiger partial charge in [-0.15, -0.1) is 0 Å². The Morgan fingerprint density at radius 1 is 0.902 bits per heavy atom. The van der Waals surface area contributed by atoms with E-state index in [9.17, 15) is 22.9 Å². The Morgan fingerprint density at radius 2 is 1.51 bits per heavy atom. The van der Waals surface area contributed by atoms with E-state index in [0.29, 0.717) is 18.7 Å². The van der Waals surface area contributed by atoms with Gasteiger partial charge in [-0.2, -0.15) is 0 Å². The Hall–Kier alpha value is -4.01. The fourth-order valence-corrected chi connectivity index (χ4v) is 5.18. The van der Waals surface area contributed by atoms with Crippen LogP contribution in [0.3, 0.4) is 0 Å². The highest BCUT2D eigenvalue weighted by molar-refractivity contribution is 7.85. The summed E-state index contributed by atoms with van der Waals surface area (Å²) in [6.07, 6.45) is 2.14. The lowest BCUT2D eigenvalue weighted by atomic mass is 9.83. The van der Waals surface area contributed by atoms with Crippen LogP contribution in [0.1, 0.15) is 63.6 Å². The largest absolute Gasteiger partial charge is 0.744 e. The van der Waals surface area contributed by atoms with Gasteiger partial charge in [-0.25, -0.2) is 13.0 Å². The van der Waals surface area contributed by atoms with E-state index in [1.807, 2.05) is 52.1 Å². The summed E-state index contributed by atoms with van der Waals surface area (Å²) >= 11 is 0. The smallest absolute Gasteiger partial charge is 0.257 e. The van der Waals surface area contributed by atoms with Crippen LogP contribution in [0.15, 0.2) is 90.0 Å². The van der Waals surface area contributed by atoms with Gasteiger partial charge in [-0.3, -0.25) is 4.79 Å². The number of aromatic nitrogens is 1. The molecule has 7 nitrogen and oxygen atoms in total. The van der Waals surface area contributed by atoms with Crippen molar-refractivity contribution in [2.45, 2.75) is 45.4 Å². The van der Waals surface area contributed by atoms with E-state index in [-0.39, 0.29) is 22.5 Å². The molecule has 1 heterocycles. The summed E-state index contributed by atoms with van der Waals surface area (Å²) in [5, 5.41) is 10.8. The lowest BCUT2D eigenvalue weighted by molar-refractivity contribution is -0.678. The fourth-order valence-electron chi connectivity index (χ4n) is 4.71. The van der Waals surface area contributed by atoms with E-state index >= 15 is 0 Å². The number of nitrogens with zero attached hydrogens (tertiary/aromatic N) is 2. The third-order valence-electron chi connectivity index (χ3n) is 7.15. The second kappa shape index (κ2) is 13.6. The molecule has 3 aromatic carbocycles. The standard InChI is InChI=1S/C26H30N2O2.C7H8O3S/c1-6-28(7-2)26(30)22-14-13-21(16-24(22)29)25(20-11-9-8-10-12-20)23-15-19(4)27(5)17-18(23)3;1-6-2-4-7(5-3-6)11(8,9)10/h8-17,25H,6-7H2,1-5H3;2-5H,1H3,(H,8,9,10). The van der Waals surface area contributed by atoms with Crippen molar-refractivity contribution in [1.82, 2.24) is 4.90 Å². The SMILES string of the molecule is CCN(CC)C(=O)c1ccc(C(c2ccccc2)c2cc(C)[n+](C)cc2C)cc1O.Cc1ccc(S(=O)(=O)[O-])cc1. The Morgan fingerprint density at radius 3 is 2.05 bits per heavy atom. The average molecular weight is 575 g/mol. The number of phenols is 1. The number of carbonyl (C=O) groups is 1. The first-order valence-corrected chi connectivity index (χ1v) is 14.9. The van der Waals surface area contributed by atoms with Gasteiger partial charge < -0.3 is 14.6 Å². The van der Waals surface area contributed by atoms with Crippen LogP contribution in [0.2, 0.25) is 0 Å². The average Bonchev–Trinajstić information content (AvgIpc) is 2.93. The highest BCUT2D eigenvalue weighted by Gasteiger charge is 2.24. The topological polar surface area (TPSA) is 102 Å². The first-order valence-electron chi connectivity index (χ1n) is 13.5. The van der Waals surface area contributed by atoms with Gasteiger partial charge >= 0.3 is 0 Å². The molecule has 0 fully saturated rings. The minimum atomic E-state index is -4.27. The Bertz CT molecular complexity index is 1600. The summed E-state index contributed by atoms with van der Waals surface area (Å²) in [5.41, 5.74) is 6.93. The number of benzene rings is 3. The lowest BCUT2D eigenvalue weighted by Crippen LogP contribution is -2.32. The van der Waals surface area contributed by atoms with Crippen molar-refractivity contribution in [3.8, 4) is 5.75 Å². The summed E-state index contributed by atoms with van der Waals surface area (Å²) in [7, 11) is -2.22. The Kier molecular flexibility index (Phi) is 10.4. The second-order valence-electron chi connectivity index (χ2n) is 10.0. The molecule has 1 N–H and O–H groups in total.